The van der Waals surface area contributed by atoms with Crippen molar-refractivity contribution in [1.82, 2.24) is 0 Å². The van der Waals surface area contributed by atoms with Gasteiger partial charge < -0.3 is 9.47 Å². The van der Waals surface area contributed by atoms with Gasteiger partial charge in [-0.1, -0.05) is 20.8 Å². The van der Waals surface area contributed by atoms with Crippen molar-refractivity contribution >= 4 is 5.78 Å². The number of rotatable bonds is 4. The first-order valence-electron chi connectivity index (χ1n) is 5.96. The van der Waals surface area contributed by atoms with E-state index in [0.29, 0.717) is 17.9 Å². The standard InChI is InChI=1S/C13H22O3/c1-7-10-11(15-9(4)5)12(14)13(6,16-10)8(2)3/h8-9H,7H2,1-6H3. The van der Waals surface area contributed by atoms with Crippen molar-refractivity contribution in [1.29, 1.82) is 0 Å². The second kappa shape index (κ2) is 4.48. The molecule has 16 heavy (non-hydrogen) atoms. The van der Waals surface area contributed by atoms with Crippen LogP contribution in [0.5, 0.6) is 0 Å². The summed E-state index contributed by atoms with van der Waals surface area (Å²) < 4.78 is 11.4. The van der Waals surface area contributed by atoms with Gasteiger partial charge in [0.1, 0.15) is 5.76 Å². The van der Waals surface area contributed by atoms with Crippen LogP contribution in [0.4, 0.5) is 0 Å². The molecule has 1 heterocycles. The van der Waals surface area contributed by atoms with Crippen LogP contribution in [0, 0.1) is 5.92 Å². The van der Waals surface area contributed by atoms with Crippen LogP contribution in [0.25, 0.3) is 0 Å². The van der Waals surface area contributed by atoms with Gasteiger partial charge in [-0.25, -0.2) is 0 Å². The van der Waals surface area contributed by atoms with E-state index in [9.17, 15) is 4.79 Å². The van der Waals surface area contributed by atoms with Crippen LogP contribution < -0.4 is 0 Å². The highest BCUT2D eigenvalue weighted by molar-refractivity contribution is 6.02. The fourth-order valence-electron chi connectivity index (χ4n) is 1.67. The molecule has 0 aromatic carbocycles. The number of hydrogen-bond acceptors (Lipinski definition) is 3. The Bertz CT molecular complexity index is 315. The molecule has 0 N–H and O–H groups in total. The topological polar surface area (TPSA) is 35.5 Å². The van der Waals surface area contributed by atoms with E-state index in [2.05, 4.69) is 0 Å². The fourth-order valence-corrected chi connectivity index (χ4v) is 1.67. The van der Waals surface area contributed by atoms with E-state index < -0.39 is 5.60 Å². The molecule has 0 aromatic rings. The van der Waals surface area contributed by atoms with Gasteiger partial charge in [-0.15, -0.1) is 0 Å². The molecule has 92 valence electrons. The number of carbonyl (C=O) groups excluding carboxylic acids is 1. The van der Waals surface area contributed by atoms with Crippen LogP contribution in [0.1, 0.15) is 48.0 Å². The molecule has 1 aliphatic heterocycles. The molecule has 0 saturated carbocycles. The van der Waals surface area contributed by atoms with Crippen LogP contribution in [0.15, 0.2) is 11.5 Å². The van der Waals surface area contributed by atoms with Gasteiger partial charge >= 0.3 is 0 Å². The van der Waals surface area contributed by atoms with Gasteiger partial charge in [0.05, 0.1) is 6.10 Å². The van der Waals surface area contributed by atoms with Crippen molar-refractivity contribution in [3.8, 4) is 0 Å². The lowest BCUT2D eigenvalue weighted by Crippen LogP contribution is -2.39. The van der Waals surface area contributed by atoms with Crippen LogP contribution in [-0.2, 0) is 14.3 Å². The number of hydrogen-bond donors (Lipinski definition) is 0. The quantitative estimate of drug-likeness (QED) is 0.739. The largest absolute Gasteiger partial charge is 0.484 e. The van der Waals surface area contributed by atoms with Gasteiger partial charge in [-0.05, 0) is 20.8 Å². The van der Waals surface area contributed by atoms with Gasteiger partial charge in [-0.2, -0.15) is 0 Å². The van der Waals surface area contributed by atoms with E-state index >= 15 is 0 Å². The summed E-state index contributed by atoms with van der Waals surface area (Å²) in [5.41, 5.74) is -0.754. The van der Waals surface area contributed by atoms with Crippen LogP contribution in [0.2, 0.25) is 0 Å². The first-order chi connectivity index (χ1) is 7.32. The molecule has 0 aliphatic carbocycles. The molecular formula is C13H22O3. The lowest BCUT2D eigenvalue weighted by atomic mass is 9.88. The summed E-state index contributed by atoms with van der Waals surface area (Å²) in [5.74, 6) is 1.23. The maximum absolute atomic E-state index is 12.3. The molecule has 0 bridgehead atoms. The maximum atomic E-state index is 12.3. The van der Waals surface area contributed by atoms with Crippen molar-refractivity contribution in [2.75, 3.05) is 0 Å². The zero-order valence-corrected chi connectivity index (χ0v) is 11.1. The van der Waals surface area contributed by atoms with Gasteiger partial charge in [-0.3, -0.25) is 4.79 Å². The zero-order chi connectivity index (χ0) is 12.5. The van der Waals surface area contributed by atoms with Crippen LogP contribution >= 0.6 is 0 Å². The van der Waals surface area contributed by atoms with Crippen molar-refractivity contribution < 1.29 is 14.3 Å². The third-order valence-electron chi connectivity index (χ3n) is 3.02. The molecule has 1 aliphatic rings. The minimum Gasteiger partial charge on any atom is -0.484 e. The molecular weight excluding hydrogens is 204 g/mol. The molecule has 0 saturated heterocycles. The van der Waals surface area contributed by atoms with Gasteiger partial charge in [0.25, 0.3) is 0 Å². The molecule has 0 aromatic heterocycles. The Hall–Kier alpha value is -0.990. The highest BCUT2D eigenvalue weighted by atomic mass is 16.6. The second-order valence-corrected chi connectivity index (χ2v) is 4.97. The average molecular weight is 226 g/mol. The minimum atomic E-state index is -0.754. The number of Topliss-reactive ketones (excluding diaryl/α,β-unsaturated/α-hetero) is 1. The number of allylic oxidation sites excluding steroid dienone is 1. The highest BCUT2D eigenvalue weighted by Crippen LogP contribution is 2.38. The summed E-state index contributed by atoms with van der Waals surface area (Å²) in [6.45, 7) is 11.6. The minimum absolute atomic E-state index is 0.00128. The molecule has 3 heteroatoms. The monoisotopic (exact) mass is 226 g/mol. The highest BCUT2D eigenvalue weighted by Gasteiger charge is 2.48. The molecule has 1 atom stereocenters. The smallest absolute Gasteiger partial charge is 0.244 e. The summed E-state index contributed by atoms with van der Waals surface area (Å²) in [7, 11) is 0. The first kappa shape index (κ1) is 13.1. The number of ether oxygens (including phenoxy) is 2. The average Bonchev–Trinajstić information content (AvgIpc) is 2.43. The zero-order valence-electron chi connectivity index (χ0n) is 11.1. The predicted molar refractivity (Wildman–Crippen MR) is 62.9 cm³/mol. The van der Waals surface area contributed by atoms with Crippen molar-refractivity contribution in [3.63, 3.8) is 0 Å². The third-order valence-corrected chi connectivity index (χ3v) is 3.02. The summed E-state index contributed by atoms with van der Waals surface area (Å²) in [5, 5.41) is 0. The Morgan fingerprint density at radius 1 is 1.31 bits per heavy atom. The van der Waals surface area contributed by atoms with Gasteiger partial charge in [0, 0.05) is 12.3 Å². The molecule has 1 unspecified atom stereocenters. The third kappa shape index (κ3) is 2.08. The molecule has 0 fully saturated rings. The van der Waals surface area contributed by atoms with E-state index in [1.165, 1.54) is 0 Å². The Labute approximate surface area is 97.8 Å². The molecule has 1 rings (SSSR count). The fraction of sp³-hybridized carbons (Fsp3) is 0.769. The molecule has 0 radical (unpaired) electrons. The van der Waals surface area contributed by atoms with Crippen LogP contribution in [-0.4, -0.2) is 17.5 Å². The summed E-state index contributed by atoms with van der Waals surface area (Å²) in [4.78, 5) is 12.3. The van der Waals surface area contributed by atoms with Crippen molar-refractivity contribution in [2.24, 2.45) is 5.92 Å². The second-order valence-electron chi connectivity index (χ2n) is 4.97. The molecule has 0 amide bonds. The molecule has 0 spiro atoms. The van der Waals surface area contributed by atoms with Gasteiger partial charge in [0.2, 0.25) is 11.5 Å². The predicted octanol–water partition coefficient (Wildman–Crippen LogP) is 3.05. The van der Waals surface area contributed by atoms with E-state index in [1.807, 2.05) is 41.5 Å². The summed E-state index contributed by atoms with van der Waals surface area (Å²) >= 11 is 0. The van der Waals surface area contributed by atoms with E-state index in [1.54, 1.807) is 0 Å². The Kier molecular flexibility index (Phi) is 3.66. The van der Waals surface area contributed by atoms with E-state index in [4.69, 9.17) is 9.47 Å². The number of carbonyl (C=O) groups is 1. The Balaban J connectivity index is 3.01. The summed E-state index contributed by atoms with van der Waals surface area (Å²) in [6.07, 6.45) is 0.689. The molecule has 3 nitrogen and oxygen atoms in total. The Morgan fingerprint density at radius 2 is 1.88 bits per heavy atom. The van der Waals surface area contributed by atoms with Crippen molar-refractivity contribution in [3.05, 3.63) is 11.5 Å². The van der Waals surface area contributed by atoms with Crippen molar-refractivity contribution in [2.45, 2.75) is 59.7 Å². The van der Waals surface area contributed by atoms with Gasteiger partial charge in [0.15, 0.2) is 5.60 Å². The lowest BCUT2D eigenvalue weighted by Gasteiger charge is -2.27. The van der Waals surface area contributed by atoms with Crippen LogP contribution in [0.3, 0.4) is 0 Å². The summed E-state index contributed by atoms with van der Waals surface area (Å²) in [6, 6.07) is 0. The first-order valence-corrected chi connectivity index (χ1v) is 5.96. The SMILES string of the molecule is CCC1=C(OC(C)C)C(=O)C(C)(C(C)C)O1. The Morgan fingerprint density at radius 3 is 2.25 bits per heavy atom. The maximum Gasteiger partial charge on any atom is 0.244 e. The lowest BCUT2D eigenvalue weighted by molar-refractivity contribution is -0.135. The van der Waals surface area contributed by atoms with E-state index in [-0.39, 0.29) is 17.8 Å². The van der Waals surface area contributed by atoms with E-state index in [0.717, 1.165) is 0 Å². The number of ketones is 1. The normalized spacial score (nSPS) is 25.6.